The Balaban J connectivity index is 2.96. The van der Waals surface area contributed by atoms with Crippen molar-refractivity contribution in [1.29, 1.82) is 0 Å². The topological polar surface area (TPSA) is 26.0 Å². The minimum absolute atomic E-state index is 0.727. The molecule has 6 heteroatoms. The molecular formula is C9H8F5N. The molecule has 0 bridgehead atoms. The summed E-state index contributed by atoms with van der Waals surface area (Å²) < 4.78 is 61.8. The van der Waals surface area contributed by atoms with Gasteiger partial charge in [0.2, 0.25) is 0 Å². The van der Waals surface area contributed by atoms with Crippen molar-refractivity contribution in [2.45, 2.75) is 18.6 Å². The zero-order valence-electron chi connectivity index (χ0n) is 7.48. The predicted octanol–water partition coefficient (Wildman–Crippen LogP) is 2.92. The normalized spacial score (nSPS) is 14.0. The van der Waals surface area contributed by atoms with E-state index in [9.17, 15) is 22.0 Å². The van der Waals surface area contributed by atoms with Crippen LogP contribution in [0.2, 0.25) is 0 Å². The number of alkyl halides is 3. The van der Waals surface area contributed by atoms with Gasteiger partial charge >= 0.3 is 6.18 Å². The lowest BCUT2D eigenvalue weighted by atomic mass is 10.0. The molecule has 0 aromatic heterocycles. The van der Waals surface area contributed by atoms with E-state index in [2.05, 4.69) is 0 Å². The summed E-state index contributed by atoms with van der Waals surface area (Å²) >= 11 is 0. The van der Waals surface area contributed by atoms with Crippen LogP contribution >= 0.6 is 0 Å². The Morgan fingerprint density at radius 3 is 2.00 bits per heavy atom. The molecule has 1 aromatic rings. The van der Waals surface area contributed by atoms with Gasteiger partial charge in [0.05, 0.1) is 6.42 Å². The number of nitrogens with two attached hydrogens (primary N) is 1. The Morgan fingerprint density at radius 1 is 1.13 bits per heavy atom. The molecule has 0 unspecified atom stereocenters. The molecule has 0 aliphatic heterocycles. The van der Waals surface area contributed by atoms with Gasteiger partial charge in [0.15, 0.2) is 0 Å². The monoisotopic (exact) mass is 225 g/mol. The molecule has 0 spiro atoms. The van der Waals surface area contributed by atoms with Crippen LogP contribution in [0.3, 0.4) is 0 Å². The van der Waals surface area contributed by atoms with Gasteiger partial charge in [-0.15, -0.1) is 0 Å². The lowest BCUT2D eigenvalue weighted by Gasteiger charge is -2.15. The van der Waals surface area contributed by atoms with E-state index in [-0.39, 0.29) is 0 Å². The first kappa shape index (κ1) is 11.9. The second-order valence-electron chi connectivity index (χ2n) is 3.06. The third-order valence-electron chi connectivity index (χ3n) is 1.82. The molecule has 0 aliphatic rings. The Hall–Kier alpha value is -1.17. The number of rotatable bonds is 2. The average molecular weight is 225 g/mol. The van der Waals surface area contributed by atoms with Gasteiger partial charge in [-0.1, -0.05) is 6.07 Å². The summed E-state index contributed by atoms with van der Waals surface area (Å²) in [5, 5.41) is 0. The SMILES string of the molecule is N[C@H](CC(F)(F)F)c1c(F)cccc1F. The maximum absolute atomic E-state index is 13.0. The molecule has 1 nitrogen and oxygen atoms in total. The van der Waals surface area contributed by atoms with Gasteiger partial charge in [-0.25, -0.2) is 8.78 Å². The smallest absolute Gasteiger partial charge is 0.323 e. The lowest BCUT2D eigenvalue weighted by molar-refractivity contribution is -0.138. The van der Waals surface area contributed by atoms with Crippen LogP contribution in [0, 0.1) is 11.6 Å². The van der Waals surface area contributed by atoms with Gasteiger partial charge in [0, 0.05) is 11.6 Å². The highest BCUT2D eigenvalue weighted by Gasteiger charge is 2.32. The second kappa shape index (κ2) is 4.14. The molecule has 1 atom stereocenters. The number of halogens is 5. The first-order valence-electron chi connectivity index (χ1n) is 4.07. The first-order valence-corrected chi connectivity index (χ1v) is 4.07. The van der Waals surface area contributed by atoms with E-state index in [0.29, 0.717) is 0 Å². The number of hydrogen-bond acceptors (Lipinski definition) is 1. The van der Waals surface area contributed by atoms with E-state index in [0.717, 1.165) is 18.2 Å². The molecule has 0 saturated heterocycles. The Morgan fingerprint density at radius 2 is 1.60 bits per heavy atom. The Bertz CT molecular complexity index is 327. The van der Waals surface area contributed by atoms with Gasteiger partial charge in [-0.3, -0.25) is 0 Å². The van der Waals surface area contributed by atoms with E-state index in [1.54, 1.807) is 0 Å². The van der Waals surface area contributed by atoms with E-state index < -0.39 is 35.8 Å². The molecule has 0 radical (unpaired) electrons. The molecule has 15 heavy (non-hydrogen) atoms. The molecule has 0 heterocycles. The molecule has 2 N–H and O–H groups in total. The third kappa shape index (κ3) is 3.16. The van der Waals surface area contributed by atoms with Gasteiger partial charge in [0.1, 0.15) is 11.6 Å². The summed E-state index contributed by atoms with van der Waals surface area (Å²) in [6.07, 6.45) is -6.00. The molecule has 1 aromatic carbocycles. The van der Waals surface area contributed by atoms with Crippen molar-refractivity contribution in [2.75, 3.05) is 0 Å². The standard InChI is InChI=1S/C9H8F5N/c10-5-2-1-3-6(11)8(5)7(15)4-9(12,13)14/h1-3,7H,4,15H2/t7-/m1/s1. The van der Waals surface area contributed by atoms with Crippen LogP contribution in [0.1, 0.15) is 18.0 Å². The molecule has 0 aliphatic carbocycles. The van der Waals surface area contributed by atoms with E-state index in [4.69, 9.17) is 5.73 Å². The van der Waals surface area contributed by atoms with Gasteiger partial charge < -0.3 is 5.73 Å². The van der Waals surface area contributed by atoms with Crippen molar-refractivity contribution in [3.63, 3.8) is 0 Å². The van der Waals surface area contributed by atoms with Crippen molar-refractivity contribution < 1.29 is 22.0 Å². The number of hydrogen-bond donors (Lipinski definition) is 1. The van der Waals surface area contributed by atoms with E-state index in [1.165, 1.54) is 0 Å². The minimum atomic E-state index is -4.55. The summed E-state index contributed by atoms with van der Waals surface area (Å²) in [7, 11) is 0. The maximum Gasteiger partial charge on any atom is 0.390 e. The van der Waals surface area contributed by atoms with E-state index in [1.807, 2.05) is 0 Å². The van der Waals surface area contributed by atoms with Crippen LogP contribution in [0.4, 0.5) is 22.0 Å². The summed E-state index contributed by atoms with van der Waals surface area (Å²) in [6, 6.07) is 1.09. The molecule has 0 amide bonds. The lowest BCUT2D eigenvalue weighted by Crippen LogP contribution is -2.22. The molecular weight excluding hydrogens is 217 g/mol. The summed E-state index contributed by atoms with van der Waals surface area (Å²) in [5.74, 6) is -2.13. The van der Waals surface area contributed by atoms with Crippen molar-refractivity contribution in [3.05, 3.63) is 35.4 Å². The molecule has 1 rings (SSSR count). The van der Waals surface area contributed by atoms with Crippen LogP contribution in [-0.2, 0) is 0 Å². The molecule has 0 fully saturated rings. The fourth-order valence-electron chi connectivity index (χ4n) is 1.22. The summed E-state index contributed by atoms with van der Waals surface area (Å²) in [5.41, 5.74) is 4.36. The Kier molecular flexibility index (Phi) is 3.28. The van der Waals surface area contributed by atoms with Crippen LogP contribution in [-0.4, -0.2) is 6.18 Å². The highest BCUT2D eigenvalue weighted by atomic mass is 19.4. The van der Waals surface area contributed by atoms with Crippen molar-refractivity contribution in [3.8, 4) is 0 Å². The Labute approximate surface area is 82.7 Å². The van der Waals surface area contributed by atoms with E-state index >= 15 is 0 Å². The fraction of sp³-hybridized carbons (Fsp3) is 0.333. The zero-order valence-corrected chi connectivity index (χ0v) is 7.48. The highest BCUT2D eigenvalue weighted by molar-refractivity contribution is 5.23. The predicted molar refractivity (Wildman–Crippen MR) is 44.0 cm³/mol. The van der Waals surface area contributed by atoms with Gasteiger partial charge in [-0.05, 0) is 12.1 Å². The van der Waals surface area contributed by atoms with Crippen LogP contribution < -0.4 is 5.73 Å². The fourth-order valence-corrected chi connectivity index (χ4v) is 1.22. The molecule has 84 valence electrons. The van der Waals surface area contributed by atoms with Crippen LogP contribution in [0.5, 0.6) is 0 Å². The third-order valence-corrected chi connectivity index (χ3v) is 1.82. The summed E-state index contributed by atoms with van der Waals surface area (Å²) in [6.45, 7) is 0. The zero-order chi connectivity index (χ0) is 11.6. The van der Waals surface area contributed by atoms with Crippen LogP contribution in [0.15, 0.2) is 18.2 Å². The van der Waals surface area contributed by atoms with Crippen molar-refractivity contribution in [1.82, 2.24) is 0 Å². The van der Waals surface area contributed by atoms with Crippen molar-refractivity contribution in [2.24, 2.45) is 5.73 Å². The average Bonchev–Trinajstić information content (AvgIpc) is 1.99. The number of benzene rings is 1. The van der Waals surface area contributed by atoms with Gasteiger partial charge in [-0.2, -0.15) is 13.2 Å². The molecule has 0 saturated carbocycles. The first-order chi connectivity index (χ1) is 6.81. The highest BCUT2D eigenvalue weighted by Crippen LogP contribution is 2.30. The van der Waals surface area contributed by atoms with Crippen LogP contribution in [0.25, 0.3) is 0 Å². The quantitative estimate of drug-likeness (QED) is 0.769. The maximum atomic E-state index is 13.0. The summed E-state index contributed by atoms with van der Waals surface area (Å²) in [4.78, 5) is 0. The van der Waals surface area contributed by atoms with Crippen molar-refractivity contribution >= 4 is 0 Å². The largest absolute Gasteiger partial charge is 0.390 e. The van der Waals surface area contributed by atoms with Gasteiger partial charge in [0.25, 0.3) is 0 Å². The second-order valence-corrected chi connectivity index (χ2v) is 3.06. The minimum Gasteiger partial charge on any atom is -0.323 e.